The molecule has 0 amide bonds. The number of hydrogen-bond donors (Lipinski definition) is 0. The molecule has 78 valence electrons. The number of carbonyl (C=O) groups excluding carboxylic acids is 1. The van der Waals surface area contributed by atoms with Crippen molar-refractivity contribution >= 4 is 22.0 Å². The molecule has 0 bridgehead atoms. The highest BCUT2D eigenvalue weighted by Crippen LogP contribution is 2.16. The molecule has 1 heterocycles. The van der Waals surface area contributed by atoms with E-state index in [-0.39, 0.29) is 0 Å². The maximum absolute atomic E-state index is 11.6. The molecule has 0 spiro atoms. The second-order valence-corrected chi connectivity index (χ2v) is 4.82. The van der Waals surface area contributed by atoms with Gasteiger partial charge in [0.25, 0.3) is 0 Å². The fourth-order valence-corrected chi connectivity index (χ4v) is 1.14. The summed E-state index contributed by atoms with van der Waals surface area (Å²) in [6, 6.07) is 0. The molecule has 0 fully saturated rings. The van der Waals surface area contributed by atoms with Crippen molar-refractivity contribution in [3.63, 3.8) is 0 Å². The SMILES string of the molecule is Cc1c(Br)cnn1C(=O)OC(C)(C)C. The Morgan fingerprint density at radius 3 is 2.50 bits per heavy atom. The van der Waals surface area contributed by atoms with E-state index in [0.29, 0.717) is 0 Å². The largest absolute Gasteiger partial charge is 0.442 e. The third kappa shape index (κ3) is 2.57. The lowest BCUT2D eigenvalue weighted by Crippen LogP contribution is -2.28. The molecule has 0 aliphatic rings. The second-order valence-electron chi connectivity index (χ2n) is 3.97. The molecule has 0 N–H and O–H groups in total. The molecule has 5 heteroatoms. The Kier molecular flexibility index (Phi) is 2.99. The average Bonchev–Trinajstić information content (AvgIpc) is 2.29. The summed E-state index contributed by atoms with van der Waals surface area (Å²) in [6.07, 6.45) is 1.11. The molecule has 0 aliphatic heterocycles. The fourth-order valence-electron chi connectivity index (χ4n) is 0.879. The lowest BCUT2D eigenvalue weighted by molar-refractivity contribution is 0.0511. The Morgan fingerprint density at radius 2 is 2.14 bits per heavy atom. The van der Waals surface area contributed by atoms with E-state index in [1.165, 1.54) is 4.68 Å². The van der Waals surface area contributed by atoms with Gasteiger partial charge in [-0.2, -0.15) is 9.78 Å². The van der Waals surface area contributed by atoms with E-state index >= 15 is 0 Å². The zero-order valence-electron chi connectivity index (χ0n) is 8.67. The second kappa shape index (κ2) is 3.73. The van der Waals surface area contributed by atoms with Crippen LogP contribution < -0.4 is 0 Å². The van der Waals surface area contributed by atoms with Gasteiger partial charge in [-0.3, -0.25) is 0 Å². The van der Waals surface area contributed by atoms with Gasteiger partial charge in [-0.25, -0.2) is 4.79 Å². The van der Waals surface area contributed by atoms with Crippen molar-refractivity contribution < 1.29 is 9.53 Å². The van der Waals surface area contributed by atoms with E-state index in [4.69, 9.17) is 4.74 Å². The highest BCUT2D eigenvalue weighted by Gasteiger charge is 2.20. The van der Waals surface area contributed by atoms with Gasteiger partial charge in [0.1, 0.15) is 5.60 Å². The van der Waals surface area contributed by atoms with Crippen molar-refractivity contribution in [1.29, 1.82) is 0 Å². The van der Waals surface area contributed by atoms with E-state index in [0.717, 1.165) is 10.2 Å². The van der Waals surface area contributed by atoms with Crippen LogP contribution in [0.5, 0.6) is 0 Å². The van der Waals surface area contributed by atoms with Gasteiger partial charge in [-0.1, -0.05) is 0 Å². The predicted octanol–water partition coefficient (Wildman–Crippen LogP) is 2.74. The number of carbonyl (C=O) groups is 1. The Hall–Kier alpha value is -0.840. The van der Waals surface area contributed by atoms with Crippen LogP contribution in [0.4, 0.5) is 4.79 Å². The van der Waals surface area contributed by atoms with E-state index < -0.39 is 11.7 Å². The number of aromatic nitrogens is 2. The van der Waals surface area contributed by atoms with Crippen LogP contribution in [0.25, 0.3) is 0 Å². The molecule has 1 rings (SSSR count). The minimum absolute atomic E-state index is 0.458. The van der Waals surface area contributed by atoms with Crippen molar-refractivity contribution in [1.82, 2.24) is 9.78 Å². The van der Waals surface area contributed by atoms with E-state index in [2.05, 4.69) is 21.0 Å². The third-order valence-electron chi connectivity index (χ3n) is 1.52. The molecule has 0 atom stereocenters. The first-order chi connectivity index (χ1) is 6.31. The summed E-state index contributed by atoms with van der Waals surface area (Å²) in [5.74, 6) is 0. The Bertz CT molecular complexity index is 352. The summed E-state index contributed by atoms with van der Waals surface area (Å²) in [4.78, 5) is 11.6. The lowest BCUT2D eigenvalue weighted by Gasteiger charge is -2.19. The number of rotatable bonds is 0. The molecule has 4 nitrogen and oxygen atoms in total. The van der Waals surface area contributed by atoms with Crippen LogP contribution in [0, 0.1) is 6.92 Å². The number of hydrogen-bond acceptors (Lipinski definition) is 3. The zero-order valence-corrected chi connectivity index (χ0v) is 10.3. The molecule has 1 aromatic heterocycles. The van der Waals surface area contributed by atoms with Gasteiger partial charge < -0.3 is 4.74 Å². The normalized spacial score (nSPS) is 11.5. The van der Waals surface area contributed by atoms with Crippen LogP contribution in [0.2, 0.25) is 0 Å². The summed E-state index contributed by atoms with van der Waals surface area (Å²) >= 11 is 3.27. The van der Waals surface area contributed by atoms with Crippen LogP contribution >= 0.6 is 15.9 Å². The van der Waals surface area contributed by atoms with Crippen LogP contribution in [0.3, 0.4) is 0 Å². The van der Waals surface area contributed by atoms with Gasteiger partial charge in [0, 0.05) is 0 Å². The number of ether oxygens (including phenoxy) is 1. The first-order valence-electron chi connectivity index (χ1n) is 4.25. The molecule has 0 saturated heterocycles. The number of nitrogens with zero attached hydrogens (tertiary/aromatic N) is 2. The molecule has 0 unspecified atom stereocenters. The zero-order chi connectivity index (χ0) is 10.9. The summed E-state index contributed by atoms with van der Waals surface area (Å²) in [7, 11) is 0. The van der Waals surface area contributed by atoms with Crippen LogP contribution in [0.1, 0.15) is 26.5 Å². The van der Waals surface area contributed by atoms with E-state index in [9.17, 15) is 4.79 Å². The van der Waals surface area contributed by atoms with Crippen LogP contribution in [-0.2, 0) is 4.74 Å². The smallest absolute Gasteiger partial charge is 0.435 e. The van der Waals surface area contributed by atoms with Crippen molar-refractivity contribution in [2.45, 2.75) is 33.3 Å². The first-order valence-corrected chi connectivity index (χ1v) is 5.04. The first kappa shape index (κ1) is 11.2. The molecule has 1 aromatic rings. The van der Waals surface area contributed by atoms with Crippen molar-refractivity contribution in [3.05, 3.63) is 16.4 Å². The maximum atomic E-state index is 11.6. The highest BCUT2D eigenvalue weighted by molar-refractivity contribution is 9.10. The fraction of sp³-hybridized carbons (Fsp3) is 0.556. The quantitative estimate of drug-likeness (QED) is 0.721. The molecular formula is C9H13BrN2O2. The lowest BCUT2D eigenvalue weighted by atomic mass is 10.2. The van der Waals surface area contributed by atoms with Crippen molar-refractivity contribution in [2.24, 2.45) is 0 Å². The summed E-state index contributed by atoms with van der Waals surface area (Å²) in [5.41, 5.74) is 0.237. The summed E-state index contributed by atoms with van der Waals surface area (Å²) < 4.78 is 7.18. The Balaban J connectivity index is 2.86. The monoisotopic (exact) mass is 260 g/mol. The molecule has 0 aliphatic carbocycles. The molecule has 0 aromatic carbocycles. The van der Waals surface area contributed by atoms with Gasteiger partial charge >= 0.3 is 6.09 Å². The Morgan fingerprint density at radius 1 is 1.57 bits per heavy atom. The Labute approximate surface area is 91.4 Å². The van der Waals surface area contributed by atoms with Crippen LogP contribution in [0.15, 0.2) is 10.7 Å². The molecule has 14 heavy (non-hydrogen) atoms. The van der Waals surface area contributed by atoms with Gasteiger partial charge in [0.15, 0.2) is 0 Å². The van der Waals surface area contributed by atoms with Crippen LogP contribution in [-0.4, -0.2) is 21.5 Å². The third-order valence-corrected chi connectivity index (χ3v) is 2.29. The highest BCUT2D eigenvalue weighted by atomic mass is 79.9. The van der Waals surface area contributed by atoms with Gasteiger partial charge in [0.05, 0.1) is 16.4 Å². The van der Waals surface area contributed by atoms with Gasteiger partial charge in [0.2, 0.25) is 0 Å². The molecule has 0 saturated carbocycles. The molecule has 0 radical (unpaired) electrons. The standard InChI is InChI=1S/C9H13BrN2O2/c1-6-7(10)5-11-12(6)8(13)14-9(2,3)4/h5H,1-4H3. The van der Waals surface area contributed by atoms with Crippen molar-refractivity contribution in [2.75, 3.05) is 0 Å². The van der Waals surface area contributed by atoms with E-state index in [1.54, 1.807) is 13.1 Å². The summed E-state index contributed by atoms with van der Waals surface area (Å²) in [5, 5.41) is 3.89. The average molecular weight is 261 g/mol. The topological polar surface area (TPSA) is 44.1 Å². The van der Waals surface area contributed by atoms with E-state index in [1.807, 2.05) is 20.8 Å². The summed E-state index contributed by atoms with van der Waals surface area (Å²) in [6.45, 7) is 7.25. The predicted molar refractivity (Wildman–Crippen MR) is 56.3 cm³/mol. The van der Waals surface area contributed by atoms with Crippen molar-refractivity contribution in [3.8, 4) is 0 Å². The molecular weight excluding hydrogens is 248 g/mol. The van der Waals surface area contributed by atoms with Gasteiger partial charge in [-0.15, -0.1) is 0 Å². The minimum atomic E-state index is -0.498. The number of halogens is 1. The minimum Gasteiger partial charge on any atom is -0.442 e. The maximum Gasteiger partial charge on any atom is 0.435 e. The van der Waals surface area contributed by atoms with Gasteiger partial charge in [-0.05, 0) is 43.6 Å².